The molecule has 1 aliphatic heterocycles. The molecule has 1 aliphatic rings. The number of amides is 1. The van der Waals surface area contributed by atoms with Crippen molar-refractivity contribution in [1.82, 2.24) is 10.2 Å². The summed E-state index contributed by atoms with van der Waals surface area (Å²) in [6.07, 6.45) is 0.339. The number of ether oxygens (including phenoxy) is 1. The van der Waals surface area contributed by atoms with E-state index in [-0.39, 0.29) is 5.91 Å². The van der Waals surface area contributed by atoms with Gasteiger partial charge in [-0.15, -0.1) is 0 Å². The number of carbonyl (C=O) groups excluding carboxylic acids is 1. The third kappa shape index (κ3) is 5.56. The third-order valence-electron chi connectivity index (χ3n) is 4.35. The Labute approximate surface area is 153 Å². The van der Waals surface area contributed by atoms with Crippen LogP contribution in [0.4, 0.5) is 0 Å². The third-order valence-corrected chi connectivity index (χ3v) is 4.58. The Bertz CT molecular complexity index is 714. The van der Waals surface area contributed by atoms with Crippen LogP contribution in [0.15, 0.2) is 48.5 Å². The molecule has 132 valence electrons. The largest absolute Gasteiger partial charge is 0.379 e. The number of carbonyl (C=O) groups is 1. The Balaban J connectivity index is 1.56. The average Bonchev–Trinajstić information content (AvgIpc) is 2.62. The summed E-state index contributed by atoms with van der Waals surface area (Å²) in [5.74, 6) is 0.00319. The molecule has 25 heavy (non-hydrogen) atoms. The first-order chi connectivity index (χ1) is 12.2. The first-order valence-electron chi connectivity index (χ1n) is 8.59. The molecule has 4 nitrogen and oxygen atoms in total. The molecule has 0 atom stereocenters. The zero-order chi connectivity index (χ0) is 17.5. The normalized spacial score (nSPS) is 15.1. The Morgan fingerprint density at radius 1 is 1.08 bits per heavy atom. The van der Waals surface area contributed by atoms with E-state index in [2.05, 4.69) is 22.3 Å². The van der Waals surface area contributed by atoms with E-state index in [1.807, 2.05) is 36.4 Å². The molecule has 2 aromatic rings. The molecule has 1 N–H and O–H groups in total. The lowest BCUT2D eigenvalue weighted by Gasteiger charge is -2.27. The lowest BCUT2D eigenvalue weighted by atomic mass is 10.1. The van der Waals surface area contributed by atoms with Crippen molar-refractivity contribution in [2.75, 3.05) is 26.3 Å². The van der Waals surface area contributed by atoms with Crippen LogP contribution >= 0.6 is 11.6 Å². The van der Waals surface area contributed by atoms with Crippen LogP contribution in [0, 0.1) is 0 Å². The average molecular weight is 359 g/mol. The fourth-order valence-corrected chi connectivity index (χ4v) is 3.19. The van der Waals surface area contributed by atoms with Crippen molar-refractivity contribution in [1.29, 1.82) is 0 Å². The number of morpholine rings is 1. The first-order valence-corrected chi connectivity index (χ1v) is 8.96. The number of benzene rings is 2. The van der Waals surface area contributed by atoms with Crippen LogP contribution < -0.4 is 5.32 Å². The number of hydrogen-bond acceptors (Lipinski definition) is 3. The standard InChI is InChI=1S/C20H23ClN2O2/c21-19-7-3-4-16(12-19)13-20(24)22-14-17-5-1-2-6-18(17)15-23-8-10-25-11-9-23/h1-7,12H,8-11,13-15H2,(H,22,24). The van der Waals surface area contributed by atoms with E-state index in [0.717, 1.165) is 44.0 Å². The van der Waals surface area contributed by atoms with E-state index in [9.17, 15) is 4.79 Å². The van der Waals surface area contributed by atoms with Gasteiger partial charge in [0.2, 0.25) is 5.91 Å². The van der Waals surface area contributed by atoms with Crippen LogP contribution in [0.3, 0.4) is 0 Å². The second kappa shape index (κ2) is 8.99. The van der Waals surface area contributed by atoms with E-state index in [0.29, 0.717) is 18.0 Å². The zero-order valence-corrected chi connectivity index (χ0v) is 15.0. The lowest BCUT2D eigenvalue weighted by Crippen LogP contribution is -2.36. The zero-order valence-electron chi connectivity index (χ0n) is 14.2. The fourth-order valence-electron chi connectivity index (χ4n) is 2.97. The highest BCUT2D eigenvalue weighted by Crippen LogP contribution is 2.14. The molecule has 1 saturated heterocycles. The molecule has 0 saturated carbocycles. The maximum Gasteiger partial charge on any atom is 0.224 e. The highest BCUT2D eigenvalue weighted by molar-refractivity contribution is 6.30. The number of nitrogens with zero attached hydrogens (tertiary/aromatic N) is 1. The van der Waals surface area contributed by atoms with Gasteiger partial charge in [-0.3, -0.25) is 9.69 Å². The Morgan fingerprint density at radius 3 is 2.60 bits per heavy atom. The van der Waals surface area contributed by atoms with Crippen LogP contribution in [0.2, 0.25) is 5.02 Å². The Kier molecular flexibility index (Phi) is 6.45. The van der Waals surface area contributed by atoms with E-state index >= 15 is 0 Å². The van der Waals surface area contributed by atoms with Gasteiger partial charge in [-0.2, -0.15) is 0 Å². The molecule has 0 radical (unpaired) electrons. The minimum absolute atomic E-state index is 0.00319. The van der Waals surface area contributed by atoms with E-state index in [1.165, 1.54) is 5.56 Å². The molecule has 1 fully saturated rings. The Hall–Kier alpha value is -1.88. The molecule has 0 bridgehead atoms. The smallest absolute Gasteiger partial charge is 0.224 e. The number of hydrogen-bond donors (Lipinski definition) is 1. The predicted octanol–water partition coefficient (Wildman–Crippen LogP) is 3.03. The van der Waals surface area contributed by atoms with Crippen LogP contribution in [-0.2, 0) is 29.0 Å². The van der Waals surface area contributed by atoms with Gasteiger partial charge in [0.25, 0.3) is 0 Å². The van der Waals surface area contributed by atoms with E-state index in [1.54, 1.807) is 0 Å². The van der Waals surface area contributed by atoms with Crippen molar-refractivity contribution in [2.24, 2.45) is 0 Å². The second-order valence-corrected chi connectivity index (χ2v) is 6.68. The van der Waals surface area contributed by atoms with E-state index < -0.39 is 0 Å². The summed E-state index contributed by atoms with van der Waals surface area (Å²) >= 11 is 5.97. The summed E-state index contributed by atoms with van der Waals surface area (Å²) in [6, 6.07) is 15.7. The molecule has 0 unspecified atom stereocenters. The molecule has 1 heterocycles. The summed E-state index contributed by atoms with van der Waals surface area (Å²) < 4.78 is 5.40. The molecule has 0 aromatic heterocycles. The SMILES string of the molecule is O=C(Cc1cccc(Cl)c1)NCc1ccccc1CN1CCOCC1. The number of halogens is 1. The van der Waals surface area contributed by atoms with Crippen LogP contribution in [0.1, 0.15) is 16.7 Å². The highest BCUT2D eigenvalue weighted by Gasteiger charge is 2.13. The fraction of sp³-hybridized carbons (Fsp3) is 0.350. The topological polar surface area (TPSA) is 41.6 Å². The van der Waals surface area contributed by atoms with Crippen molar-refractivity contribution in [3.8, 4) is 0 Å². The molecular formula is C20H23ClN2O2. The molecule has 0 aliphatic carbocycles. The van der Waals surface area contributed by atoms with Gasteiger partial charge in [0.1, 0.15) is 0 Å². The Morgan fingerprint density at radius 2 is 1.84 bits per heavy atom. The van der Waals surface area contributed by atoms with Gasteiger partial charge in [-0.1, -0.05) is 48.0 Å². The number of nitrogens with one attached hydrogen (secondary N) is 1. The summed E-state index contributed by atoms with van der Waals surface area (Å²) in [5.41, 5.74) is 3.34. The van der Waals surface area contributed by atoms with Crippen molar-refractivity contribution < 1.29 is 9.53 Å². The minimum atomic E-state index is 0.00319. The molecule has 3 rings (SSSR count). The summed E-state index contributed by atoms with van der Waals surface area (Å²) in [4.78, 5) is 14.6. The van der Waals surface area contributed by atoms with Crippen LogP contribution in [0.25, 0.3) is 0 Å². The summed E-state index contributed by atoms with van der Waals surface area (Å²) in [5, 5.41) is 3.67. The van der Waals surface area contributed by atoms with Crippen molar-refractivity contribution in [2.45, 2.75) is 19.5 Å². The predicted molar refractivity (Wildman–Crippen MR) is 99.5 cm³/mol. The van der Waals surface area contributed by atoms with Crippen LogP contribution in [0.5, 0.6) is 0 Å². The van der Waals surface area contributed by atoms with Gasteiger partial charge in [0.15, 0.2) is 0 Å². The molecule has 5 heteroatoms. The first kappa shape index (κ1) is 17.9. The summed E-state index contributed by atoms with van der Waals surface area (Å²) in [6.45, 7) is 4.92. The van der Waals surface area contributed by atoms with Gasteiger partial charge in [-0.05, 0) is 28.8 Å². The molecule has 2 aromatic carbocycles. The van der Waals surface area contributed by atoms with Crippen molar-refractivity contribution >= 4 is 17.5 Å². The van der Waals surface area contributed by atoms with Gasteiger partial charge >= 0.3 is 0 Å². The van der Waals surface area contributed by atoms with Crippen molar-refractivity contribution in [3.05, 3.63) is 70.2 Å². The maximum atomic E-state index is 12.2. The maximum absolute atomic E-state index is 12.2. The molecular weight excluding hydrogens is 336 g/mol. The highest BCUT2D eigenvalue weighted by atomic mass is 35.5. The van der Waals surface area contributed by atoms with Crippen LogP contribution in [-0.4, -0.2) is 37.1 Å². The lowest BCUT2D eigenvalue weighted by molar-refractivity contribution is -0.120. The second-order valence-electron chi connectivity index (χ2n) is 6.24. The number of rotatable bonds is 6. The van der Waals surface area contributed by atoms with Gasteiger partial charge in [0.05, 0.1) is 19.6 Å². The van der Waals surface area contributed by atoms with Gasteiger partial charge < -0.3 is 10.1 Å². The van der Waals surface area contributed by atoms with Crippen molar-refractivity contribution in [3.63, 3.8) is 0 Å². The van der Waals surface area contributed by atoms with E-state index in [4.69, 9.17) is 16.3 Å². The molecule has 0 spiro atoms. The minimum Gasteiger partial charge on any atom is -0.379 e. The molecule has 1 amide bonds. The quantitative estimate of drug-likeness (QED) is 0.863. The summed E-state index contributed by atoms with van der Waals surface area (Å²) in [7, 11) is 0. The monoisotopic (exact) mass is 358 g/mol. The van der Waals surface area contributed by atoms with Gasteiger partial charge in [0, 0.05) is 31.2 Å². The van der Waals surface area contributed by atoms with Gasteiger partial charge in [-0.25, -0.2) is 0 Å².